The molecule has 1 aliphatic heterocycles. The second-order valence-electron chi connectivity index (χ2n) is 5.80. The SMILES string of the molecule is CCC1CCCCC1OCCC1CCCCN1. The van der Waals surface area contributed by atoms with Crippen LogP contribution in [0.4, 0.5) is 0 Å². The van der Waals surface area contributed by atoms with E-state index >= 15 is 0 Å². The average Bonchev–Trinajstić information content (AvgIpc) is 2.40. The minimum atomic E-state index is 0.567. The van der Waals surface area contributed by atoms with Gasteiger partial charge >= 0.3 is 0 Å². The molecule has 0 bridgehead atoms. The summed E-state index contributed by atoms with van der Waals surface area (Å²) in [5.74, 6) is 0.836. The summed E-state index contributed by atoms with van der Waals surface area (Å²) in [4.78, 5) is 0. The molecule has 2 rings (SSSR count). The van der Waals surface area contributed by atoms with Crippen LogP contribution < -0.4 is 5.32 Å². The monoisotopic (exact) mass is 239 g/mol. The quantitative estimate of drug-likeness (QED) is 0.793. The Bertz CT molecular complexity index is 201. The van der Waals surface area contributed by atoms with Crippen molar-refractivity contribution in [3.63, 3.8) is 0 Å². The first-order valence-corrected chi connectivity index (χ1v) is 7.75. The molecule has 1 saturated heterocycles. The van der Waals surface area contributed by atoms with Crippen molar-refractivity contribution in [3.8, 4) is 0 Å². The van der Waals surface area contributed by atoms with Crippen molar-refractivity contribution in [1.82, 2.24) is 5.32 Å². The highest BCUT2D eigenvalue weighted by molar-refractivity contribution is 4.76. The second kappa shape index (κ2) is 7.38. The minimum absolute atomic E-state index is 0.567. The Morgan fingerprint density at radius 3 is 2.65 bits per heavy atom. The molecule has 1 aliphatic carbocycles. The molecule has 100 valence electrons. The van der Waals surface area contributed by atoms with Gasteiger partial charge in [-0.25, -0.2) is 0 Å². The zero-order valence-corrected chi connectivity index (χ0v) is 11.4. The molecule has 1 saturated carbocycles. The Morgan fingerprint density at radius 1 is 1.06 bits per heavy atom. The van der Waals surface area contributed by atoms with E-state index in [1.807, 2.05) is 0 Å². The third-order valence-electron chi connectivity index (χ3n) is 4.57. The molecule has 2 aliphatic rings. The van der Waals surface area contributed by atoms with Crippen molar-refractivity contribution in [3.05, 3.63) is 0 Å². The molecule has 0 amide bonds. The van der Waals surface area contributed by atoms with Gasteiger partial charge in [0.1, 0.15) is 0 Å². The van der Waals surface area contributed by atoms with E-state index in [2.05, 4.69) is 12.2 Å². The molecule has 2 nitrogen and oxygen atoms in total. The topological polar surface area (TPSA) is 21.3 Å². The van der Waals surface area contributed by atoms with E-state index in [1.165, 1.54) is 64.3 Å². The fraction of sp³-hybridized carbons (Fsp3) is 1.00. The van der Waals surface area contributed by atoms with Gasteiger partial charge in [-0.15, -0.1) is 0 Å². The smallest absolute Gasteiger partial charge is 0.0603 e. The summed E-state index contributed by atoms with van der Waals surface area (Å²) in [6.45, 7) is 4.50. The van der Waals surface area contributed by atoms with Gasteiger partial charge in [0.15, 0.2) is 0 Å². The first kappa shape index (κ1) is 13.4. The van der Waals surface area contributed by atoms with Gasteiger partial charge in [-0.1, -0.05) is 32.6 Å². The molecule has 1 heterocycles. The maximum Gasteiger partial charge on any atom is 0.0603 e. The lowest BCUT2D eigenvalue weighted by atomic mass is 9.85. The lowest BCUT2D eigenvalue weighted by molar-refractivity contribution is -0.0161. The molecule has 17 heavy (non-hydrogen) atoms. The molecule has 2 fully saturated rings. The Morgan fingerprint density at radius 2 is 1.88 bits per heavy atom. The van der Waals surface area contributed by atoms with Gasteiger partial charge in [-0.3, -0.25) is 0 Å². The summed E-state index contributed by atoms with van der Waals surface area (Å²) < 4.78 is 6.15. The predicted octanol–water partition coefficient (Wildman–Crippen LogP) is 3.50. The number of hydrogen-bond donors (Lipinski definition) is 1. The molecule has 3 atom stereocenters. The largest absolute Gasteiger partial charge is 0.378 e. The summed E-state index contributed by atoms with van der Waals surface area (Å²) in [5.41, 5.74) is 0. The van der Waals surface area contributed by atoms with Gasteiger partial charge in [0.05, 0.1) is 6.10 Å². The maximum atomic E-state index is 6.15. The van der Waals surface area contributed by atoms with Crippen molar-refractivity contribution in [2.75, 3.05) is 13.2 Å². The molecular formula is C15H29NO. The molecule has 0 spiro atoms. The number of ether oxygens (including phenoxy) is 1. The van der Waals surface area contributed by atoms with Crippen LogP contribution in [0.1, 0.15) is 64.7 Å². The zero-order chi connectivity index (χ0) is 11.9. The van der Waals surface area contributed by atoms with Crippen molar-refractivity contribution >= 4 is 0 Å². The first-order valence-electron chi connectivity index (χ1n) is 7.75. The summed E-state index contributed by atoms with van der Waals surface area (Å²) >= 11 is 0. The van der Waals surface area contributed by atoms with E-state index in [0.717, 1.165) is 18.6 Å². The predicted molar refractivity (Wildman–Crippen MR) is 72.2 cm³/mol. The summed E-state index contributed by atoms with van der Waals surface area (Å²) in [6.07, 6.45) is 12.7. The van der Waals surface area contributed by atoms with Crippen LogP contribution >= 0.6 is 0 Å². The van der Waals surface area contributed by atoms with Crippen molar-refractivity contribution in [2.45, 2.75) is 76.9 Å². The lowest BCUT2D eigenvalue weighted by Crippen LogP contribution is -2.36. The number of nitrogens with one attached hydrogen (secondary N) is 1. The van der Waals surface area contributed by atoms with Crippen LogP contribution in [0.15, 0.2) is 0 Å². The Hall–Kier alpha value is -0.0800. The van der Waals surface area contributed by atoms with E-state index < -0.39 is 0 Å². The average molecular weight is 239 g/mol. The Balaban J connectivity index is 1.62. The molecular weight excluding hydrogens is 210 g/mol. The maximum absolute atomic E-state index is 6.15. The normalized spacial score (nSPS) is 34.8. The van der Waals surface area contributed by atoms with Crippen molar-refractivity contribution in [2.24, 2.45) is 5.92 Å². The van der Waals surface area contributed by atoms with Crippen LogP contribution in [-0.4, -0.2) is 25.3 Å². The van der Waals surface area contributed by atoms with Gasteiger partial charge in [0.25, 0.3) is 0 Å². The lowest BCUT2D eigenvalue weighted by Gasteiger charge is -2.31. The molecule has 2 heteroatoms. The zero-order valence-electron chi connectivity index (χ0n) is 11.4. The molecule has 3 unspecified atom stereocenters. The fourth-order valence-corrected chi connectivity index (χ4v) is 3.39. The van der Waals surface area contributed by atoms with Crippen LogP contribution in [0.3, 0.4) is 0 Å². The van der Waals surface area contributed by atoms with Crippen molar-refractivity contribution in [1.29, 1.82) is 0 Å². The second-order valence-corrected chi connectivity index (χ2v) is 5.80. The van der Waals surface area contributed by atoms with E-state index in [9.17, 15) is 0 Å². The molecule has 0 aromatic carbocycles. The van der Waals surface area contributed by atoms with Gasteiger partial charge in [-0.05, 0) is 44.6 Å². The fourth-order valence-electron chi connectivity index (χ4n) is 3.39. The van der Waals surface area contributed by atoms with E-state index in [4.69, 9.17) is 4.74 Å². The third kappa shape index (κ3) is 4.26. The summed E-state index contributed by atoms with van der Waals surface area (Å²) in [5, 5.41) is 3.60. The highest BCUT2D eigenvalue weighted by Gasteiger charge is 2.24. The van der Waals surface area contributed by atoms with Gasteiger partial charge < -0.3 is 10.1 Å². The van der Waals surface area contributed by atoms with E-state index in [1.54, 1.807) is 0 Å². The number of rotatable bonds is 5. The molecule has 0 radical (unpaired) electrons. The van der Waals surface area contributed by atoms with E-state index in [-0.39, 0.29) is 0 Å². The standard InChI is InChI=1S/C15H29NO/c1-2-13-7-3-4-9-15(13)17-12-10-14-8-5-6-11-16-14/h13-16H,2-12H2,1H3. The highest BCUT2D eigenvalue weighted by atomic mass is 16.5. The number of piperidine rings is 1. The third-order valence-corrected chi connectivity index (χ3v) is 4.57. The van der Waals surface area contributed by atoms with Gasteiger partial charge in [0.2, 0.25) is 0 Å². The summed E-state index contributed by atoms with van der Waals surface area (Å²) in [6, 6.07) is 0.729. The minimum Gasteiger partial charge on any atom is -0.378 e. The van der Waals surface area contributed by atoms with Crippen LogP contribution in [0.5, 0.6) is 0 Å². The summed E-state index contributed by atoms with van der Waals surface area (Å²) in [7, 11) is 0. The molecule has 0 aromatic heterocycles. The first-order chi connectivity index (χ1) is 8.40. The molecule has 0 aromatic rings. The van der Waals surface area contributed by atoms with Crippen LogP contribution in [0, 0.1) is 5.92 Å². The van der Waals surface area contributed by atoms with E-state index in [0.29, 0.717) is 6.10 Å². The van der Waals surface area contributed by atoms with Gasteiger partial charge in [-0.2, -0.15) is 0 Å². The van der Waals surface area contributed by atoms with Gasteiger partial charge in [0, 0.05) is 12.6 Å². The Kier molecular flexibility index (Phi) is 5.79. The van der Waals surface area contributed by atoms with Crippen molar-refractivity contribution < 1.29 is 4.74 Å². The van der Waals surface area contributed by atoms with Crippen LogP contribution in [-0.2, 0) is 4.74 Å². The van der Waals surface area contributed by atoms with Crippen LogP contribution in [0.25, 0.3) is 0 Å². The van der Waals surface area contributed by atoms with Crippen LogP contribution in [0.2, 0.25) is 0 Å². The molecule has 1 N–H and O–H groups in total. The Labute approximate surface area is 107 Å². The number of hydrogen-bond acceptors (Lipinski definition) is 2. The highest BCUT2D eigenvalue weighted by Crippen LogP contribution is 2.29.